The van der Waals surface area contributed by atoms with Gasteiger partial charge in [0, 0.05) is 30.1 Å². The van der Waals surface area contributed by atoms with Gasteiger partial charge in [0.1, 0.15) is 5.75 Å². The van der Waals surface area contributed by atoms with Crippen molar-refractivity contribution in [1.29, 1.82) is 0 Å². The summed E-state index contributed by atoms with van der Waals surface area (Å²) in [4.78, 5) is 16.6. The predicted octanol–water partition coefficient (Wildman–Crippen LogP) is 3.67. The van der Waals surface area contributed by atoms with E-state index in [-0.39, 0.29) is 5.91 Å². The first-order valence-corrected chi connectivity index (χ1v) is 7.74. The molecular formula is C19H18N2O3. The summed E-state index contributed by atoms with van der Waals surface area (Å²) in [6, 6.07) is 11.1. The number of para-hydroxylation sites is 1. The number of pyridine rings is 1. The number of hydrogen-bond donors (Lipinski definition) is 1. The van der Waals surface area contributed by atoms with Gasteiger partial charge in [-0.25, -0.2) is 0 Å². The normalized spacial score (nSPS) is 10.4. The quantitative estimate of drug-likeness (QED) is 0.752. The van der Waals surface area contributed by atoms with Crippen LogP contribution in [0.3, 0.4) is 0 Å². The number of carbonyl (C=O) groups is 1. The number of amides is 1. The molecule has 122 valence electrons. The van der Waals surface area contributed by atoms with Crippen LogP contribution in [0.15, 0.2) is 65.7 Å². The van der Waals surface area contributed by atoms with E-state index in [4.69, 9.17) is 9.15 Å². The van der Waals surface area contributed by atoms with E-state index < -0.39 is 0 Å². The van der Waals surface area contributed by atoms with Gasteiger partial charge in [-0.05, 0) is 36.8 Å². The predicted molar refractivity (Wildman–Crippen MR) is 90.7 cm³/mol. The molecule has 3 aromatic rings. The number of carbonyl (C=O) groups excluding carboxylic acids is 1. The molecule has 5 heteroatoms. The summed E-state index contributed by atoms with van der Waals surface area (Å²) in [5.74, 6) is 0.413. The number of aromatic nitrogens is 1. The van der Waals surface area contributed by atoms with Crippen LogP contribution < -0.4 is 10.1 Å². The lowest BCUT2D eigenvalue weighted by atomic mass is 10.1. The number of nitrogens with one attached hydrogen (secondary N) is 1. The van der Waals surface area contributed by atoms with E-state index in [2.05, 4.69) is 10.3 Å². The van der Waals surface area contributed by atoms with Crippen molar-refractivity contribution in [2.75, 3.05) is 6.61 Å². The molecule has 0 unspecified atom stereocenters. The van der Waals surface area contributed by atoms with Gasteiger partial charge in [-0.15, -0.1) is 0 Å². The number of nitrogens with zero attached hydrogens (tertiary/aromatic N) is 1. The van der Waals surface area contributed by atoms with Crippen LogP contribution in [0.1, 0.15) is 22.8 Å². The topological polar surface area (TPSA) is 64.4 Å². The average molecular weight is 322 g/mol. The fourth-order valence-corrected chi connectivity index (χ4v) is 2.38. The van der Waals surface area contributed by atoms with Crippen LogP contribution in [0, 0.1) is 0 Å². The van der Waals surface area contributed by atoms with E-state index in [1.165, 1.54) is 0 Å². The first-order valence-electron chi connectivity index (χ1n) is 7.74. The summed E-state index contributed by atoms with van der Waals surface area (Å²) < 4.78 is 10.6. The first-order chi connectivity index (χ1) is 11.8. The van der Waals surface area contributed by atoms with Gasteiger partial charge < -0.3 is 14.5 Å². The summed E-state index contributed by atoms with van der Waals surface area (Å²) in [7, 11) is 0. The number of benzene rings is 1. The van der Waals surface area contributed by atoms with Gasteiger partial charge in [0.2, 0.25) is 0 Å². The van der Waals surface area contributed by atoms with Crippen LogP contribution in [0.4, 0.5) is 0 Å². The molecule has 0 aliphatic heterocycles. The monoisotopic (exact) mass is 322 g/mol. The molecule has 1 amide bonds. The molecule has 2 aromatic heterocycles. The molecule has 1 N–H and O–H groups in total. The van der Waals surface area contributed by atoms with Gasteiger partial charge >= 0.3 is 0 Å². The fraction of sp³-hybridized carbons (Fsp3) is 0.158. The van der Waals surface area contributed by atoms with Crippen LogP contribution in [0.2, 0.25) is 0 Å². The van der Waals surface area contributed by atoms with Crippen molar-refractivity contribution in [2.24, 2.45) is 0 Å². The Hall–Kier alpha value is -3.08. The van der Waals surface area contributed by atoms with E-state index in [1.54, 1.807) is 37.1 Å². The molecule has 1 aromatic carbocycles. The standard InChI is InChI=1S/C19H18N2O3/c1-2-24-18-6-4-3-5-17(18)19(22)21-11-14-9-16(12-20-10-14)15-7-8-23-13-15/h3-10,12-13H,2,11H2,1H3,(H,21,22). The summed E-state index contributed by atoms with van der Waals surface area (Å²) in [5.41, 5.74) is 3.34. The highest BCUT2D eigenvalue weighted by atomic mass is 16.5. The van der Waals surface area contributed by atoms with Crippen LogP contribution in [-0.4, -0.2) is 17.5 Å². The van der Waals surface area contributed by atoms with Gasteiger partial charge in [0.25, 0.3) is 5.91 Å². The third-order valence-electron chi connectivity index (χ3n) is 3.53. The molecule has 0 fully saturated rings. The van der Waals surface area contributed by atoms with Crippen LogP contribution in [0.25, 0.3) is 11.1 Å². The first kappa shape index (κ1) is 15.8. The third kappa shape index (κ3) is 3.63. The smallest absolute Gasteiger partial charge is 0.255 e. The van der Waals surface area contributed by atoms with Gasteiger partial charge in [-0.3, -0.25) is 9.78 Å². The zero-order chi connectivity index (χ0) is 16.8. The van der Waals surface area contributed by atoms with E-state index in [1.807, 2.05) is 31.2 Å². The Labute approximate surface area is 140 Å². The SMILES string of the molecule is CCOc1ccccc1C(=O)NCc1cncc(-c2ccoc2)c1. The van der Waals surface area contributed by atoms with Crippen molar-refractivity contribution < 1.29 is 13.9 Å². The van der Waals surface area contributed by atoms with E-state index in [0.717, 1.165) is 16.7 Å². The maximum absolute atomic E-state index is 12.4. The van der Waals surface area contributed by atoms with Crippen LogP contribution in [0.5, 0.6) is 5.75 Å². The van der Waals surface area contributed by atoms with Gasteiger partial charge in [0.15, 0.2) is 0 Å². The number of rotatable bonds is 6. The molecule has 0 saturated carbocycles. The number of hydrogen-bond acceptors (Lipinski definition) is 4. The van der Waals surface area contributed by atoms with Crippen molar-refractivity contribution in [2.45, 2.75) is 13.5 Å². The minimum absolute atomic E-state index is 0.173. The maximum atomic E-state index is 12.4. The molecule has 0 saturated heterocycles. The minimum atomic E-state index is -0.173. The van der Waals surface area contributed by atoms with Gasteiger partial charge in [0.05, 0.1) is 24.7 Å². The molecule has 24 heavy (non-hydrogen) atoms. The Kier molecular flexibility index (Phi) is 4.91. The molecule has 3 rings (SSSR count). The molecule has 0 atom stereocenters. The second-order valence-corrected chi connectivity index (χ2v) is 5.21. The Bertz CT molecular complexity index is 813. The second-order valence-electron chi connectivity index (χ2n) is 5.21. The molecule has 0 aliphatic carbocycles. The third-order valence-corrected chi connectivity index (χ3v) is 3.53. The van der Waals surface area contributed by atoms with Crippen molar-refractivity contribution in [3.8, 4) is 16.9 Å². The average Bonchev–Trinajstić information content (AvgIpc) is 3.15. The van der Waals surface area contributed by atoms with Gasteiger partial charge in [-0.1, -0.05) is 12.1 Å². The van der Waals surface area contributed by atoms with Crippen molar-refractivity contribution >= 4 is 5.91 Å². The largest absolute Gasteiger partial charge is 0.493 e. The highest BCUT2D eigenvalue weighted by Crippen LogP contribution is 2.20. The van der Waals surface area contributed by atoms with Crippen LogP contribution in [-0.2, 0) is 6.54 Å². The molecule has 0 radical (unpaired) electrons. The number of ether oxygens (including phenoxy) is 1. The Morgan fingerprint density at radius 2 is 2.08 bits per heavy atom. The summed E-state index contributed by atoms with van der Waals surface area (Å²) in [6.45, 7) is 2.79. The highest BCUT2D eigenvalue weighted by molar-refractivity contribution is 5.96. The Morgan fingerprint density at radius 3 is 2.88 bits per heavy atom. The molecule has 5 nitrogen and oxygen atoms in total. The molecule has 0 bridgehead atoms. The zero-order valence-electron chi connectivity index (χ0n) is 13.4. The van der Waals surface area contributed by atoms with Crippen molar-refractivity contribution in [3.05, 3.63) is 72.4 Å². The van der Waals surface area contributed by atoms with Crippen molar-refractivity contribution in [1.82, 2.24) is 10.3 Å². The fourth-order valence-electron chi connectivity index (χ4n) is 2.38. The molecular weight excluding hydrogens is 304 g/mol. The van der Waals surface area contributed by atoms with Crippen molar-refractivity contribution in [3.63, 3.8) is 0 Å². The summed E-state index contributed by atoms with van der Waals surface area (Å²) in [5, 5.41) is 2.90. The van der Waals surface area contributed by atoms with Gasteiger partial charge in [-0.2, -0.15) is 0 Å². The summed E-state index contributed by atoms with van der Waals surface area (Å²) in [6.07, 6.45) is 6.78. The van der Waals surface area contributed by atoms with E-state index in [0.29, 0.717) is 24.5 Å². The Morgan fingerprint density at radius 1 is 1.21 bits per heavy atom. The highest BCUT2D eigenvalue weighted by Gasteiger charge is 2.11. The van der Waals surface area contributed by atoms with E-state index in [9.17, 15) is 4.79 Å². The summed E-state index contributed by atoms with van der Waals surface area (Å²) >= 11 is 0. The zero-order valence-corrected chi connectivity index (χ0v) is 13.4. The lowest BCUT2D eigenvalue weighted by Crippen LogP contribution is -2.23. The molecule has 2 heterocycles. The second kappa shape index (κ2) is 7.46. The lowest BCUT2D eigenvalue weighted by molar-refractivity contribution is 0.0947. The lowest BCUT2D eigenvalue weighted by Gasteiger charge is -2.10. The molecule has 0 aliphatic rings. The molecule has 0 spiro atoms. The minimum Gasteiger partial charge on any atom is -0.493 e. The maximum Gasteiger partial charge on any atom is 0.255 e. The Balaban J connectivity index is 1.70. The van der Waals surface area contributed by atoms with Crippen LogP contribution >= 0.6 is 0 Å². The number of furan rings is 1. The van der Waals surface area contributed by atoms with E-state index >= 15 is 0 Å².